The number of hydrogen-bond acceptors (Lipinski definition) is 7. The van der Waals surface area contributed by atoms with E-state index in [1.807, 2.05) is 48.5 Å². The first-order valence-electron chi connectivity index (χ1n) is 7.37. The third-order valence-corrected chi connectivity index (χ3v) is 5.04. The van der Waals surface area contributed by atoms with Crippen LogP contribution in [0.2, 0.25) is 0 Å². The third-order valence-electron chi connectivity index (χ3n) is 3.29. The summed E-state index contributed by atoms with van der Waals surface area (Å²) < 4.78 is 0. The van der Waals surface area contributed by atoms with Gasteiger partial charge in [-0.1, -0.05) is 47.7 Å². The number of rotatable bonds is 4. The van der Waals surface area contributed by atoms with Crippen molar-refractivity contribution in [2.24, 2.45) is 0 Å². The molecular weight excluding hydrogens is 354 g/mol. The van der Waals surface area contributed by atoms with E-state index in [2.05, 4.69) is 25.5 Å². The van der Waals surface area contributed by atoms with Gasteiger partial charge < -0.3 is 0 Å². The lowest BCUT2D eigenvalue weighted by atomic mass is 10.2. The van der Waals surface area contributed by atoms with Gasteiger partial charge in [0, 0.05) is 17.1 Å². The lowest BCUT2D eigenvalue weighted by Crippen LogP contribution is -2.12. The zero-order valence-electron chi connectivity index (χ0n) is 12.8. The van der Waals surface area contributed by atoms with Crippen LogP contribution in [0.3, 0.4) is 0 Å². The summed E-state index contributed by atoms with van der Waals surface area (Å²) in [5.74, 6) is -0.304. The molecule has 0 radical (unpaired) electrons. The van der Waals surface area contributed by atoms with Crippen molar-refractivity contribution in [3.63, 3.8) is 0 Å². The van der Waals surface area contributed by atoms with Gasteiger partial charge in [0.25, 0.3) is 5.91 Å². The summed E-state index contributed by atoms with van der Waals surface area (Å²) in [5, 5.41) is 14.4. The monoisotopic (exact) mass is 365 g/mol. The van der Waals surface area contributed by atoms with E-state index in [9.17, 15) is 4.79 Å². The minimum atomic E-state index is -0.304. The Kier molecular flexibility index (Phi) is 4.28. The Bertz CT molecular complexity index is 998. The van der Waals surface area contributed by atoms with Crippen LogP contribution in [0.1, 0.15) is 10.5 Å². The van der Waals surface area contributed by atoms with Crippen molar-refractivity contribution < 1.29 is 4.79 Å². The van der Waals surface area contributed by atoms with Crippen LogP contribution in [0.25, 0.3) is 21.3 Å². The van der Waals surface area contributed by atoms with Gasteiger partial charge in [0.15, 0.2) is 5.01 Å². The first kappa shape index (κ1) is 15.6. The standard InChI is InChI=1S/C17H11N5OS2/c23-14(13-10-24-15(19-13)11-6-2-1-3-7-11)20-17-22-21-16(25-17)12-8-4-5-9-18-12/h1-10H,(H,20,22,23). The number of carbonyl (C=O) groups is 1. The molecule has 0 unspecified atom stereocenters. The highest BCUT2D eigenvalue weighted by Crippen LogP contribution is 2.26. The summed E-state index contributed by atoms with van der Waals surface area (Å²) in [6, 6.07) is 15.3. The minimum Gasteiger partial charge on any atom is -0.295 e. The number of carbonyl (C=O) groups excluding carboxylic acids is 1. The number of hydrogen-bond donors (Lipinski definition) is 1. The number of anilines is 1. The second kappa shape index (κ2) is 6.88. The van der Waals surface area contributed by atoms with Gasteiger partial charge in [-0.2, -0.15) is 0 Å². The number of pyridine rings is 1. The van der Waals surface area contributed by atoms with Gasteiger partial charge in [-0.25, -0.2) is 4.98 Å². The molecule has 3 heterocycles. The maximum absolute atomic E-state index is 12.4. The summed E-state index contributed by atoms with van der Waals surface area (Å²) in [7, 11) is 0. The molecule has 0 aliphatic carbocycles. The van der Waals surface area contributed by atoms with Crippen molar-refractivity contribution >= 4 is 33.7 Å². The fraction of sp³-hybridized carbons (Fsp3) is 0. The van der Waals surface area contributed by atoms with Crippen molar-refractivity contribution in [2.75, 3.05) is 5.32 Å². The van der Waals surface area contributed by atoms with Gasteiger partial charge in [0.05, 0.1) is 0 Å². The van der Waals surface area contributed by atoms with E-state index >= 15 is 0 Å². The summed E-state index contributed by atoms with van der Waals surface area (Å²) in [4.78, 5) is 21.0. The fourth-order valence-electron chi connectivity index (χ4n) is 2.12. The van der Waals surface area contributed by atoms with Crippen LogP contribution in [0.4, 0.5) is 5.13 Å². The van der Waals surface area contributed by atoms with E-state index < -0.39 is 0 Å². The molecule has 0 bridgehead atoms. The molecule has 1 aromatic carbocycles. The Morgan fingerprint density at radius 1 is 0.960 bits per heavy atom. The zero-order valence-corrected chi connectivity index (χ0v) is 14.4. The lowest BCUT2D eigenvalue weighted by molar-refractivity contribution is 0.102. The maximum Gasteiger partial charge on any atom is 0.276 e. The average molecular weight is 365 g/mol. The second-order valence-corrected chi connectivity index (χ2v) is 6.82. The number of benzene rings is 1. The van der Waals surface area contributed by atoms with Gasteiger partial charge in [-0.3, -0.25) is 15.1 Å². The average Bonchev–Trinajstić information content (AvgIpc) is 3.33. The molecule has 4 rings (SSSR count). The zero-order chi connectivity index (χ0) is 17.1. The summed E-state index contributed by atoms with van der Waals surface area (Å²) in [6.45, 7) is 0. The number of aromatic nitrogens is 4. The van der Waals surface area contributed by atoms with E-state index in [-0.39, 0.29) is 5.91 Å². The smallest absolute Gasteiger partial charge is 0.276 e. The largest absolute Gasteiger partial charge is 0.295 e. The molecule has 0 saturated heterocycles. The highest BCUT2D eigenvalue weighted by atomic mass is 32.1. The molecule has 4 aromatic rings. The van der Waals surface area contributed by atoms with E-state index in [0.29, 0.717) is 15.8 Å². The number of nitrogens with zero attached hydrogens (tertiary/aromatic N) is 4. The molecule has 0 spiro atoms. The molecule has 6 nitrogen and oxygen atoms in total. The van der Waals surface area contributed by atoms with E-state index in [4.69, 9.17) is 0 Å². The first-order valence-corrected chi connectivity index (χ1v) is 9.06. The first-order chi connectivity index (χ1) is 12.3. The van der Waals surface area contributed by atoms with Crippen molar-refractivity contribution in [1.29, 1.82) is 0 Å². The van der Waals surface area contributed by atoms with E-state index in [1.165, 1.54) is 22.7 Å². The van der Waals surface area contributed by atoms with Crippen molar-refractivity contribution in [3.8, 4) is 21.3 Å². The van der Waals surface area contributed by atoms with Gasteiger partial charge in [-0.15, -0.1) is 21.5 Å². The second-order valence-electron chi connectivity index (χ2n) is 4.99. The Labute approximate surface area is 151 Å². The highest BCUT2D eigenvalue weighted by molar-refractivity contribution is 7.18. The van der Waals surface area contributed by atoms with Crippen LogP contribution < -0.4 is 5.32 Å². The summed E-state index contributed by atoms with van der Waals surface area (Å²) in [5.41, 5.74) is 2.07. The quantitative estimate of drug-likeness (QED) is 0.592. The predicted octanol–water partition coefficient (Wildman–Crippen LogP) is 3.98. The van der Waals surface area contributed by atoms with Crippen molar-refractivity contribution in [3.05, 3.63) is 65.8 Å². The topological polar surface area (TPSA) is 80.7 Å². The minimum absolute atomic E-state index is 0.304. The Balaban J connectivity index is 1.50. The van der Waals surface area contributed by atoms with E-state index in [1.54, 1.807) is 11.6 Å². The Morgan fingerprint density at radius 3 is 2.60 bits per heavy atom. The normalized spacial score (nSPS) is 10.6. The van der Waals surface area contributed by atoms with Gasteiger partial charge in [0.1, 0.15) is 16.4 Å². The fourth-order valence-corrected chi connectivity index (χ4v) is 3.64. The number of nitrogens with one attached hydrogen (secondary N) is 1. The van der Waals surface area contributed by atoms with Crippen LogP contribution in [0, 0.1) is 0 Å². The molecule has 1 amide bonds. The maximum atomic E-state index is 12.4. The van der Waals surface area contributed by atoms with Crippen LogP contribution >= 0.6 is 22.7 Å². The molecule has 8 heteroatoms. The summed E-state index contributed by atoms with van der Waals surface area (Å²) >= 11 is 2.70. The molecule has 122 valence electrons. The third kappa shape index (κ3) is 3.44. The van der Waals surface area contributed by atoms with Gasteiger partial charge in [0.2, 0.25) is 5.13 Å². The molecule has 0 aliphatic rings. The lowest BCUT2D eigenvalue weighted by Gasteiger charge is -1.97. The van der Waals surface area contributed by atoms with Gasteiger partial charge in [-0.05, 0) is 12.1 Å². The predicted molar refractivity (Wildman–Crippen MR) is 98.6 cm³/mol. The Morgan fingerprint density at radius 2 is 1.80 bits per heavy atom. The molecule has 25 heavy (non-hydrogen) atoms. The van der Waals surface area contributed by atoms with Crippen LogP contribution in [0.5, 0.6) is 0 Å². The number of amides is 1. The van der Waals surface area contributed by atoms with Crippen LogP contribution in [-0.2, 0) is 0 Å². The Hall–Kier alpha value is -2.97. The molecule has 0 fully saturated rings. The molecule has 3 aromatic heterocycles. The van der Waals surface area contributed by atoms with E-state index in [0.717, 1.165) is 16.3 Å². The molecule has 1 N–H and O–H groups in total. The van der Waals surface area contributed by atoms with Crippen molar-refractivity contribution in [1.82, 2.24) is 20.2 Å². The molecule has 0 atom stereocenters. The van der Waals surface area contributed by atoms with Gasteiger partial charge >= 0.3 is 0 Å². The van der Waals surface area contributed by atoms with Crippen LogP contribution in [0.15, 0.2) is 60.1 Å². The SMILES string of the molecule is O=C(Nc1nnc(-c2ccccn2)s1)c1csc(-c2ccccc2)n1. The summed E-state index contributed by atoms with van der Waals surface area (Å²) in [6.07, 6.45) is 1.69. The van der Waals surface area contributed by atoms with Crippen molar-refractivity contribution in [2.45, 2.75) is 0 Å². The molecular formula is C17H11N5OS2. The number of thiazole rings is 1. The highest BCUT2D eigenvalue weighted by Gasteiger charge is 2.15. The molecule has 0 aliphatic heterocycles. The van der Waals surface area contributed by atoms with Crippen LogP contribution in [-0.4, -0.2) is 26.1 Å². The molecule has 0 saturated carbocycles.